The minimum absolute atomic E-state index is 0.128. The molecule has 1 aliphatic heterocycles. The zero-order valence-electron chi connectivity index (χ0n) is 11.3. The summed E-state index contributed by atoms with van der Waals surface area (Å²) >= 11 is 1.49. The Morgan fingerprint density at radius 1 is 1.56 bits per heavy atom. The summed E-state index contributed by atoms with van der Waals surface area (Å²) in [5.74, 6) is 1.17. The Bertz CT molecular complexity index is 443. The number of carbonyl (C=O) groups is 1. The maximum atomic E-state index is 12.5. The van der Waals surface area contributed by atoms with Gasteiger partial charge < -0.3 is 10.6 Å². The molecule has 0 aromatic carbocycles. The number of nitrogens with zero attached hydrogens (tertiary/aromatic N) is 2. The smallest absolute Gasteiger partial charge is 0.265 e. The minimum Gasteiger partial charge on any atom is -0.338 e. The van der Waals surface area contributed by atoms with Gasteiger partial charge in [-0.15, -0.1) is 11.3 Å². The number of hydrogen-bond acceptors (Lipinski definition) is 4. The molecule has 1 aromatic rings. The molecule has 2 N–H and O–H groups in total. The van der Waals surface area contributed by atoms with E-state index in [0.717, 1.165) is 35.1 Å². The van der Waals surface area contributed by atoms with Crippen LogP contribution in [-0.4, -0.2) is 35.4 Å². The molecule has 1 aliphatic rings. The first kappa shape index (κ1) is 13.5. The van der Waals surface area contributed by atoms with Crippen LogP contribution in [0.4, 0.5) is 0 Å². The number of carbonyl (C=O) groups excluding carboxylic acids is 1. The molecule has 1 amide bonds. The molecule has 2 atom stereocenters. The Balaban J connectivity index is 2.12. The molecule has 2 heterocycles. The van der Waals surface area contributed by atoms with Crippen LogP contribution < -0.4 is 5.73 Å². The van der Waals surface area contributed by atoms with E-state index in [0.29, 0.717) is 18.4 Å². The van der Waals surface area contributed by atoms with Gasteiger partial charge in [0, 0.05) is 13.1 Å². The third-order valence-electron chi connectivity index (χ3n) is 3.80. The van der Waals surface area contributed by atoms with Crippen molar-refractivity contribution in [1.82, 2.24) is 9.88 Å². The highest BCUT2D eigenvalue weighted by Gasteiger charge is 2.29. The SMILES string of the molecule is Cc1nc(C)c(C(=O)N2CCC(C)C(CN)C2)s1. The molecule has 18 heavy (non-hydrogen) atoms. The fourth-order valence-electron chi connectivity index (χ4n) is 2.51. The number of likely N-dealkylation sites (tertiary alicyclic amines) is 1. The van der Waals surface area contributed by atoms with Gasteiger partial charge in [0.15, 0.2) is 0 Å². The lowest BCUT2D eigenvalue weighted by molar-refractivity contribution is 0.0622. The first-order valence-corrected chi connectivity index (χ1v) is 7.28. The average molecular weight is 267 g/mol. The lowest BCUT2D eigenvalue weighted by atomic mass is 9.87. The molecule has 0 radical (unpaired) electrons. The van der Waals surface area contributed by atoms with E-state index in [1.165, 1.54) is 11.3 Å². The van der Waals surface area contributed by atoms with Crippen molar-refractivity contribution in [3.8, 4) is 0 Å². The van der Waals surface area contributed by atoms with Crippen LogP contribution in [0.5, 0.6) is 0 Å². The van der Waals surface area contributed by atoms with Crippen molar-refractivity contribution in [1.29, 1.82) is 0 Å². The number of aromatic nitrogens is 1. The van der Waals surface area contributed by atoms with Gasteiger partial charge in [-0.25, -0.2) is 4.98 Å². The molecule has 0 spiro atoms. The molecule has 0 saturated carbocycles. The predicted molar refractivity (Wildman–Crippen MR) is 73.8 cm³/mol. The lowest BCUT2D eigenvalue weighted by Crippen LogP contribution is -2.45. The molecule has 1 saturated heterocycles. The number of piperidine rings is 1. The van der Waals surface area contributed by atoms with E-state index in [9.17, 15) is 4.79 Å². The summed E-state index contributed by atoms with van der Waals surface area (Å²) < 4.78 is 0. The summed E-state index contributed by atoms with van der Waals surface area (Å²) in [6.07, 6.45) is 1.05. The van der Waals surface area contributed by atoms with E-state index in [4.69, 9.17) is 5.73 Å². The van der Waals surface area contributed by atoms with Crippen LogP contribution in [0.1, 0.15) is 33.7 Å². The van der Waals surface area contributed by atoms with E-state index >= 15 is 0 Å². The second-order valence-electron chi connectivity index (χ2n) is 5.16. The Morgan fingerprint density at radius 3 is 2.83 bits per heavy atom. The largest absolute Gasteiger partial charge is 0.338 e. The number of hydrogen-bond donors (Lipinski definition) is 1. The first-order valence-electron chi connectivity index (χ1n) is 6.46. The van der Waals surface area contributed by atoms with Crippen LogP contribution in [-0.2, 0) is 0 Å². The second-order valence-corrected chi connectivity index (χ2v) is 6.36. The van der Waals surface area contributed by atoms with E-state index in [1.54, 1.807) is 0 Å². The van der Waals surface area contributed by atoms with Crippen LogP contribution >= 0.6 is 11.3 Å². The molecule has 2 rings (SSSR count). The average Bonchev–Trinajstić information content (AvgIpc) is 2.68. The van der Waals surface area contributed by atoms with E-state index in [1.807, 2.05) is 18.7 Å². The van der Waals surface area contributed by atoms with E-state index in [-0.39, 0.29) is 5.91 Å². The van der Waals surface area contributed by atoms with E-state index < -0.39 is 0 Å². The Labute approximate surface area is 112 Å². The molecule has 100 valence electrons. The summed E-state index contributed by atoms with van der Waals surface area (Å²) in [5.41, 5.74) is 6.63. The number of nitrogens with two attached hydrogens (primary N) is 1. The topological polar surface area (TPSA) is 59.2 Å². The quantitative estimate of drug-likeness (QED) is 0.889. The van der Waals surface area contributed by atoms with Gasteiger partial charge in [-0.05, 0) is 38.6 Å². The zero-order valence-corrected chi connectivity index (χ0v) is 12.1. The molecular formula is C13H21N3OS. The number of rotatable bonds is 2. The highest BCUT2D eigenvalue weighted by molar-refractivity contribution is 7.13. The van der Waals surface area contributed by atoms with Crippen molar-refractivity contribution < 1.29 is 4.79 Å². The lowest BCUT2D eigenvalue weighted by Gasteiger charge is -2.36. The summed E-state index contributed by atoms with van der Waals surface area (Å²) in [5, 5.41) is 0.955. The molecule has 1 aromatic heterocycles. The molecule has 0 bridgehead atoms. The first-order chi connectivity index (χ1) is 8.52. The van der Waals surface area contributed by atoms with Gasteiger partial charge in [0.25, 0.3) is 5.91 Å². The van der Waals surface area contributed by atoms with Crippen molar-refractivity contribution in [3.05, 3.63) is 15.6 Å². The standard InChI is InChI=1S/C13H21N3OS/c1-8-4-5-16(7-11(8)6-14)13(17)12-9(2)15-10(3)18-12/h8,11H,4-7,14H2,1-3H3. The van der Waals surface area contributed by atoms with Crippen molar-refractivity contribution in [2.45, 2.75) is 27.2 Å². The molecule has 4 nitrogen and oxygen atoms in total. The monoisotopic (exact) mass is 267 g/mol. The molecule has 5 heteroatoms. The van der Waals surface area contributed by atoms with Crippen LogP contribution in [0, 0.1) is 25.7 Å². The summed E-state index contributed by atoms with van der Waals surface area (Å²) in [6.45, 7) is 8.35. The fraction of sp³-hybridized carbons (Fsp3) is 0.692. The van der Waals surface area contributed by atoms with Gasteiger partial charge in [0.1, 0.15) is 4.88 Å². The summed E-state index contributed by atoms with van der Waals surface area (Å²) in [4.78, 5) is 19.5. The predicted octanol–water partition coefficient (Wildman–Crippen LogP) is 1.82. The van der Waals surface area contributed by atoms with E-state index in [2.05, 4.69) is 11.9 Å². The zero-order chi connectivity index (χ0) is 13.3. The molecule has 0 aliphatic carbocycles. The van der Waals surface area contributed by atoms with Crippen molar-refractivity contribution in [2.75, 3.05) is 19.6 Å². The third-order valence-corrected chi connectivity index (χ3v) is 4.86. The van der Waals surface area contributed by atoms with Gasteiger partial charge in [-0.1, -0.05) is 6.92 Å². The number of amides is 1. The van der Waals surface area contributed by atoms with Crippen LogP contribution in [0.3, 0.4) is 0 Å². The normalized spacial score (nSPS) is 24.3. The summed E-state index contributed by atoms with van der Waals surface area (Å²) in [6, 6.07) is 0. The van der Waals surface area contributed by atoms with Crippen LogP contribution in [0.15, 0.2) is 0 Å². The number of thiazole rings is 1. The molecule has 1 fully saturated rings. The molecular weight excluding hydrogens is 246 g/mol. The van der Waals surface area contributed by atoms with Crippen molar-refractivity contribution in [2.24, 2.45) is 17.6 Å². The second kappa shape index (κ2) is 5.36. The Hall–Kier alpha value is -0.940. The van der Waals surface area contributed by atoms with Crippen molar-refractivity contribution in [3.63, 3.8) is 0 Å². The maximum Gasteiger partial charge on any atom is 0.265 e. The third kappa shape index (κ3) is 2.57. The van der Waals surface area contributed by atoms with Gasteiger partial charge in [-0.2, -0.15) is 0 Å². The Morgan fingerprint density at radius 2 is 2.28 bits per heavy atom. The van der Waals surface area contributed by atoms with Crippen LogP contribution in [0.25, 0.3) is 0 Å². The number of aryl methyl sites for hydroxylation is 2. The Kier molecular flexibility index (Phi) is 4.02. The van der Waals surface area contributed by atoms with Gasteiger partial charge >= 0.3 is 0 Å². The van der Waals surface area contributed by atoms with Gasteiger partial charge in [0.2, 0.25) is 0 Å². The van der Waals surface area contributed by atoms with Gasteiger partial charge in [-0.3, -0.25) is 4.79 Å². The maximum absolute atomic E-state index is 12.5. The van der Waals surface area contributed by atoms with Crippen molar-refractivity contribution >= 4 is 17.2 Å². The highest BCUT2D eigenvalue weighted by Crippen LogP contribution is 2.26. The molecule has 2 unspecified atom stereocenters. The van der Waals surface area contributed by atoms with Gasteiger partial charge in [0.05, 0.1) is 10.7 Å². The minimum atomic E-state index is 0.128. The summed E-state index contributed by atoms with van der Waals surface area (Å²) in [7, 11) is 0. The fourth-order valence-corrected chi connectivity index (χ4v) is 3.40. The highest BCUT2D eigenvalue weighted by atomic mass is 32.1. The van der Waals surface area contributed by atoms with Crippen LogP contribution in [0.2, 0.25) is 0 Å².